The first-order valence-corrected chi connectivity index (χ1v) is 8.76. The van der Waals surface area contributed by atoms with Gasteiger partial charge in [-0.05, 0) is 25.1 Å². The van der Waals surface area contributed by atoms with Crippen molar-refractivity contribution in [2.24, 2.45) is 5.73 Å². The van der Waals surface area contributed by atoms with Gasteiger partial charge in [-0.2, -0.15) is 0 Å². The molecule has 8 heteroatoms. The SMILES string of the molecule is COC1CNCCC1NCC#C[C@@H](CCl)Oc1ccccc1C(N)=O.Cl. The highest BCUT2D eigenvalue weighted by atomic mass is 35.5. The van der Waals surface area contributed by atoms with Crippen molar-refractivity contribution in [2.45, 2.75) is 24.7 Å². The van der Waals surface area contributed by atoms with Crippen LogP contribution in [0.3, 0.4) is 0 Å². The topological polar surface area (TPSA) is 85.6 Å². The standard InChI is InChI=1S/C18H24ClN3O3.ClH/c1-24-17-12-21-10-8-15(17)22-9-4-5-13(11-19)25-16-7-3-2-6-14(16)18(20)23;/h2-3,6-7,13,15,17,21-22H,8-12H2,1H3,(H2,20,23);1H/t13-,15?,17?;/m0./s1. The largest absolute Gasteiger partial charge is 0.476 e. The fourth-order valence-corrected chi connectivity index (χ4v) is 2.82. The maximum atomic E-state index is 11.4. The fraction of sp³-hybridized carbons (Fsp3) is 0.500. The number of piperidine rings is 1. The van der Waals surface area contributed by atoms with Crippen molar-refractivity contribution in [1.82, 2.24) is 10.6 Å². The highest BCUT2D eigenvalue weighted by molar-refractivity contribution is 6.18. The van der Waals surface area contributed by atoms with E-state index in [0.29, 0.717) is 17.9 Å². The van der Waals surface area contributed by atoms with Gasteiger partial charge in [-0.3, -0.25) is 4.79 Å². The number of para-hydroxylation sites is 1. The molecular formula is C18H25Cl2N3O3. The predicted molar refractivity (Wildman–Crippen MR) is 105 cm³/mol. The minimum absolute atomic E-state index is 0. The van der Waals surface area contributed by atoms with Gasteiger partial charge in [0, 0.05) is 19.7 Å². The molecule has 0 radical (unpaired) electrons. The zero-order valence-electron chi connectivity index (χ0n) is 14.7. The number of hydrogen-bond donors (Lipinski definition) is 3. The number of amides is 1. The van der Waals surface area contributed by atoms with E-state index in [1.165, 1.54) is 0 Å². The van der Waals surface area contributed by atoms with E-state index in [1.54, 1.807) is 31.4 Å². The number of nitrogens with two attached hydrogens (primary N) is 1. The van der Waals surface area contributed by atoms with Crippen molar-refractivity contribution in [2.75, 3.05) is 32.6 Å². The smallest absolute Gasteiger partial charge is 0.252 e. The normalized spacial score (nSPS) is 20.2. The van der Waals surface area contributed by atoms with Crippen LogP contribution in [0.4, 0.5) is 0 Å². The number of carbonyl (C=O) groups is 1. The van der Waals surface area contributed by atoms with Crippen LogP contribution in [-0.4, -0.2) is 56.8 Å². The number of ether oxygens (including phenoxy) is 2. The van der Waals surface area contributed by atoms with Crippen molar-refractivity contribution in [1.29, 1.82) is 0 Å². The summed E-state index contributed by atoms with van der Waals surface area (Å²) < 4.78 is 11.2. The Kier molecular flexibility index (Phi) is 10.4. The average molecular weight is 402 g/mol. The molecule has 1 heterocycles. The van der Waals surface area contributed by atoms with E-state index in [4.69, 9.17) is 26.8 Å². The third-order valence-electron chi connectivity index (χ3n) is 4.01. The summed E-state index contributed by atoms with van der Waals surface area (Å²) in [4.78, 5) is 11.4. The molecule has 6 nitrogen and oxygen atoms in total. The molecule has 1 aromatic rings. The van der Waals surface area contributed by atoms with Crippen LogP contribution in [0.2, 0.25) is 0 Å². The van der Waals surface area contributed by atoms with E-state index < -0.39 is 12.0 Å². The van der Waals surface area contributed by atoms with Crippen LogP contribution in [0.5, 0.6) is 5.75 Å². The van der Waals surface area contributed by atoms with Crippen molar-refractivity contribution in [3.8, 4) is 17.6 Å². The molecule has 0 spiro atoms. The number of rotatable bonds is 7. The molecule has 144 valence electrons. The van der Waals surface area contributed by atoms with Gasteiger partial charge < -0.3 is 25.8 Å². The van der Waals surface area contributed by atoms with E-state index in [-0.39, 0.29) is 30.4 Å². The molecule has 1 aliphatic heterocycles. The first-order valence-electron chi connectivity index (χ1n) is 8.22. The van der Waals surface area contributed by atoms with E-state index in [1.807, 2.05) is 0 Å². The summed E-state index contributed by atoms with van der Waals surface area (Å²) in [6.07, 6.45) is 0.606. The maximum absolute atomic E-state index is 11.4. The van der Waals surface area contributed by atoms with Gasteiger partial charge in [-0.1, -0.05) is 24.0 Å². The molecule has 4 N–H and O–H groups in total. The zero-order chi connectivity index (χ0) is 18.1. The second-order valence-corrected chi connectivity index (χ2v) is 6.01. The molecule has 1 fully saturated rings. The number of alkyl halides is 1. The zero-order valence-corrected chi connectivity index (χ0v) is 16.2. The number of primary amides is 1. The minimum atomic E-state index is -0.546. The van der Waals surface area contributed by atoms with Crippen LogP contribution in [0.1, 0.15) is 16.8 Å². The third kappa shape index (κ3) is 6.67. The van der Waals surface area contributed by atoms with Gasteiger partial charge in [0.2, 0.25) is 0 Å². The van der Waals surface area contributed by atoms with Crippen molar-refractivity contribution < 1.29 is 14.3 Å². The van der Waals surface area contributed by atoms with Gasteiger partial charge in [0.1, 0.15) is 5.75 Å². The van der Waals surface area contributed by atoms with Gasteiger partial charge in [0.15, 0.2) is 6.10 Å². The fourth-order valence-electron chi connectivity index (χ4n) is 2.68. The predicted octanol–water partition coefficient (Wildman–Crippen LogP) is 1.16. The van der Waals surface area contributed by atoms with E-state index in [9.17, 15) is 4.79 Å². The molecule has 0 aromatic heterocycles. The molecule has 1 saturated heterocycles. The first-order chi connectivity index (χ1) is 12.2. The number of nitrogens with one attached hydrogen (secondary N) is 2. The molecular weight excluding hydrogens is 377 g/mol. The minimum Gasteiger partial charge on any atom is -0.476 e. The molecule has 0 aliphatic carbocycles. The number of methoxy groups -OCH3 is 1. The Morgan fingerprint density at radius 2 is 2.27 bits per heavy atom. The van der Waals surface area contributed by atoms with Gasteiger partial charge in [-0.25, -0.2) is 0 Å². The molecule has 2 rings (SSSR count). The summed E-state index contributed by atoms with van der Waals surface area (Å²) in [7, 11) is 1.71. The van der Waals surface area contributed by atoms with Crippen molar-refractivity contribution >= 4 is 29.9 Å². The lowest BCUT2D eigenvalue weighted by Gasteiger charge is -2.31. The Hall–Kier alpha value is -1.49. The highest BCUT2D eigenvalue weighted by Gasteiger charge is 2.23. The van der Waals surface area contributed by atoms with Crippen LogP contribution in [-0.2, 0) is 4.74 Å². The second-order valence-electron chi connectivity index (χ2n) is 5.70. The van der Waals surface area contributed by atoms with Crippen LogP contribution < -0.4 is 21.1 Å². The van der Waals surface area contributed by atoms with Gasteiger partial charge in [0.05, 0.1) is 24.1 Å². The summed E-state index contributed by atoms with van der Waals surface area (Å²) in [5.74, 6) is 6.05. The van der Waals surface area contributed by atoms with E-state index >= 15 is 0 Å². The Balaban J connectivity index is 0.00000338. The Labute approximate surface area is 165 Å². The molecule has 1 amide bonds. The number of benzene rings is 1. The molecule has 0 bridgehead atoms. The summed E-state index contributed by atoms with van der Waals surface area (Å²) in [6.45, 7) is 2.31. The van der Waals surface area contributed by atoms with Crippen LogP contribution in [0, 0.1) is 11.8 Å². The third-order valence-corrected chi connectivity index (χ3v) is 4.29. The van der Waals surface area contributed by atoms with Crippen molar-refractivity contribution in [3.63, 3.8) is 0 Å². The Morgan fingerprint density at radius 3 is 2.96 bits per heavy atom. The van der Waals surface area contributed by atoms with Crippen LogP contribution in [0.25, 0.3) is 0 Å². The maximum Gasteiger partial charge on any atom is 0.252 e. The van der Waals surface area contributed by atoms with Gasteiger partial charge in [-0.15, -0.1) is 24.0 Å². The van der Waals surface area contributed by atoms with E-state index in [2.05, 4.69) is 22.5 Å². The number of halogens is 2. The molecule has 1 aromatic carbocycles. The number of carbonyl (C=O) groups excluding carboxylic acids is 1. The van der Waals surface area contributed by atoms with Crippen molar-refractivity contribution in [3.05, 3.63) is 29.8 Å². The highest BCUT2D eigenvalue weighted by Crippen LogP contribution is 2.19. The summed E-state index contributed by atoms with van der Waals surface area (Å²) in [6, 6.07) is 7.05. The quantitative estimate of drug-likeness (QED) is 0.471. The summed E-state index contributed by atoms with van der Waals surface area (Å²) >= 11 is 5.93. The van der Waals surface area contributed by atoms with Gasteiger partial charge in [0.25, 0.3) is 5.91 Å². The first kappa shape index (κ1) is 22.6. The molecule has 2 unspecified atom stereocenters. The molecule has 3 atom stereocenters. The van der Waals surface area contributed by atoms with Crippen LogP contribution >= 0.6 is 24.0 Å². The number of hydrogen-bond acceptors (Lipinski definition) is 5. The summed E-state index contributed by atoms with van der Waals surface area (Å²) in [5.41, 5.74) is 5.66. The van der Waals surface area contributed by atoms with Crippen LogP contribution in [0.15, 0.2) is 24.3 Å². The summed E-state index contributed by atoms with van der Waals surface area (Å²) in [5, 5.41) is 6.68. The lowest BCUT2D eigenvalue weighted by Crippen LogP contribution is -2.52. The lowest BCUT2D eigenvalue weighted by molar-refractivity contribution is 0.0533. The van der Waals surface area contributed by atoms with Gasteiger partial charge >= 0.3 is 0 Å². The molecule has 26 heavy (non-hydrogen) atoms. The lowest BCUT2D eigenvalue weighted by atomic mass is 10.0. The molecule has 0 saturated carbocycles. The van der Waals surface area contributed by atoms with E-state index in [0.717, 1.165) is 19.5 Å². The monoisotopic (exact) mass is 401 g/mol. The average Bonchev–Trinajstić information content (AvgIpc) is 2.64. The molecule has 1 aliphatic rings. The second kappa shape index (κ2) is 12.0. The Morgan fingerprint density at radius 1 is 1.50 bits per heavy atom. The Bertz CT molecular complexity index is 634.